The van der Waals surface area contributed by atoms with Crippen LogP contribution in [0.3, 0.4) is 0 Å². The highest BCUT2D eigenvalue weighted by molar-refractivity contribution is 7.99. The minimum atomic E-state index is 0.496. The Labute approximate surface area is 103 Å². The van der Waals surface area contributed by atoms with Crippen molar-refractivity contribution in [1.29, 1.82) is 0 Å². The van der Waals surface area contributed by atoms with Crippen LogP contribution in [0.2, 0.25) is 0 Å². The molecule has 2 heterocycles. The third-order valence-corrected chi connectivity index (χ3v) is 4.54. The molecule has 2 unspecified atom stereocenters. The molecule has 2 aliphatic rings. The van der Waals surface area contributed by atoms with E-state index in [0.29, 0.717) is 12.1 Å². The molecule has 0 bridgehead atoms. The van der Waals surface area contributed by atoms with Crippen LogP contribution in [0.4, 0.5) is 0 Å². The summed E-state index contributed by atoms with van der Waals surface area (Å²) in [7, 11) is 0. The number of hydrogen-bond donors (Lipinski definition) is 1. The van der Waals surface area contributed by atoms with E-state index >= 15 is 0 Å². The Balaban J connectivity index is 1.70. The van der Waals surface area contributed by atoms with Gasteiger partial charge in [0.25, 0.3) is 0 Å². The average molecular weight is 244 g/mol. The standard InChI is InChI=1S/C12H24N2OS/c1-2-14(9-12-4-3-6-15-12)8-11-10-16-7-5-13-11/h11-13H,2-10H2,1H3. The number of nitrogens with one attached hydrogen (secondary N) is 1. The molecule has 2 atom stereocenters. The largest absolute Gasteiger partial charge is 0.377 e. The Kier molecular flexibility index (Phi) is 5.42. The molecule has 0 amide bonds. The third kappa shape index (κ3) is 3.91. The lowest BCUT2D eigenvalue weighted by atomic mass is 10.2. The highest BCUT2D eigenvalue weighted by atomic mass is 32.2. The predicted molar refractivity (Wildman–Crippen MR) is 70.2 cm³/mol. The van der Waals surface area contributed by atoms with Crippen LogP contribution in [-0.2, 0) is 4.74 Å². The van der Waals surface area contributed by atoms with E-state index in [2.05, 4.69) is 28.9 Å². The fourth-order valence-corrected chi connectivity index (χ4v) is 3.39. The van der Waals surface area contributed by atoms with Gasteiger partial charge in [0.2, 0.25) is 0 Å². The summed E-state index contributed by atoms with van der Waals surface area (Å²) < 4.78 is 5.71. The highest BCUT2D eigenvalue weighted by Gasteiger charge is 2.21. The number of rotatable bonds is 5. The number of likely N-dealkylation sites (N-methyl/N-ethyl adjacent to an activating group) is 1. The summed E-state index contributed by atoms with van der Waals surface area (Å²) in [4.78, 5) is 2.54. The van der Waals surface area contributed by atoms with Crippen LogP contribution in [0.1, 0.15) is 19.8 Å². The predicted octanol–water partition coefficient (Wildman–Crippen LogP) is 1.19. The summed E-state index contributed by atoms with van der Waals surface area (Å²) >= 11 is 2.08. The smallest absolute Gasteiger partial charge is 0.0702 e. The van der Waals surface area contributed by atoms with Gasteiger partial charge in [0, 0.05) is 43.8 Å². The topological polar surface area (TPSA) is 24.5 Å². The van der Waals surface area contributed by atoms with Crippen LogP contribution in [0.5, 0.6) is 0 Å². The maximum atomic E-state index is 5.71. The Morgan fingerprint density at radius 2 is 2.38 bits per heavy atom. The van der Waals surface area contributed by atoms with Crippen molar-refractivity contribution < 1.29 is 4.74 Å². The first kappa shape index (κ1) is 12.7. The molecule has 1 N–H and O–H groups in total. The number of nitrogens with zero attached hydrogens (tertiary/aromatic N) is 1. The molecular weight excluding hydrogens is 220 g/mol. The Hall–Kier alpha value is 0.230. The second-order valence-electron chi connectivity index (χ2n) is 4.71. The molecular formula is C12H24N2OS. The van der Waals surface area contributed by atoms with Crippen molar-refractivity contribution in [1.82, 2.24) is 10.2 Å². The summed E-state index contributed by atoms with van der Waals surface area (Å²) in [5.74, 6) is 2.54. The summed E-state index contributed by atoms with van der Waals surface area (Å²) in [5, 5.41) is 3.61. The van der Waals surface area contributed by atoms with Crippen LogP contribution in [-0.4, -0.2) is 61.3 Å². The van der Waals surface area contributed by atoms with E-state index < -0.39 is 0 Å². The maximum absolute atomic E-state index is 5.71. The zero-order valence-corrected chi connectivity index (χ0v) is 11.1. The zero-order chi connectivity index (χ0) is 11.2. The maximum Gasteiger partial charge on any atom is 0.0702 e. The fourth-order valence-electron chi connectivity index (χ4n) is 2.46. The van der Waals surface area contributed by atoms with Gasteiger partial charge >= 0.3 is 0 Å². The molecule has 2 rings (SSSR count). The molecule has 0 saturated carbocycles. The molecule has 2 aliphatic heterocycles. The molecule has 2 saturated heterocycles. The van der Waals surface area contributed by atoms with E-state index in [1.165, 1.54) is 37.4 Å². The van der Waals surface area contributed by atoms with Crippen LogP contribution < -0.4 is 5.32 Å². The van der Waals surface area contributed by atoms with Gasteiger partial charge in [-0.3, -0.25) is 4.90 Å². The van der Waals surface area contributed by atoms with Gasteiger partial charge in [-0.1, -0.05) is 6.92 Å². The molecule has 0 aromatic rings. The summed E-state index contributed by atoms with van der Waals surface area (Å²) in [6, 6.07) is 0.681. The molecule has 2 fully saturated rings. The molecule has 0 aliphatic carbocycles. The zero-order valence-electron chi connectivity index (χ0n) is 10.3. The molecule has 0 spiro atoms. The van der Waals surface area contributed by atoms with Crippen LogP contribution in [0.25, 0.3) is 0 Å². The minimum Gasteiger partial charge on any atom is -0.377 e. The number of ether oxygens (including phenoxy) is 1. The first-order valence-corrected chi connectivity index (χ1v) is 7.69. The van der Waals surface area contributed by atoms with Crippen molar-refractivity contribution in [2.75, 3.05) is 44.3 Å². The van der Waals surface area contributed by atoms with Crippen molar-refractivity contribution in [2.24, 2.45) is 0 Å². The van der Waals surface area contributed by atoms with E-state index in [1.54, 1.807) is 0 Å². The van der Waals surface area contributed by atoms with Crippen molar-refractivity contribution >= 4 is 11.8 Å². The van der Waals surface area contributed by atoms with E-state index in [-0.39, 0.29) is 0 Å². The van der Waals surface area contributed by atoms with E-state index in [0.717, 1.165) is 19.7 Å². The molecule has 4 heteroatoms. The van der Waals surface area contributed by atoms with Gasteiger partial charge in [-0.05, 0) is 19.4 Å². The quantitative estimate of drug-likeness (QED) is 0.785. The van der Waals surface area contributed by atoms with Gasteiger partial charge in [0.15, 0.2) is 0 Å². The SMILES string of the molecule is CCN(CC1CSCCN1)CC1CCCO1. The van der Waals surface area contributed by atoms with E-state index in [1.807, 2.05) is 0 Å². The minimum absolute atomic E-state index is 0.496. The molecule has 16 heavy (non-hydrogen) atoms. The Bertz CT molecular complexity index is 191. The van der Waals surface area contributed by atoms with Gasteiger partial charge < -0.3 is 10.1 Å². The molecule has 94 valence electrons. The normalized spacial score (nSPS) is 31.1. The number of hydrogen-bond acceptors (Lipinski definition) is 4. The second-order valence-corrected chi connectivity index (χ2v) is 5.86. The monoisotopic (exact) mass is 244 g/mol. The molecule has 0 aromatic heterocycles. The summed E-state index contributed by atoms with van der Waals surface area (Å²) in [5.41, 5.74) is 0. The average Bonchev–Trinajstić information content (AvgIpc) is 2.82. The molecule has 3 nitrogen and oxygen atoms in total. The van der Waals surface area contributed by atoms with Gasteiger partial charge in [-0.2, -0.15) is 11.8 Å². The van der Waals surface area contributed by atoms with Gasteiger partial charge in [-0.25, -0.2) is 0 Å². The van der Waals surface area contributed by atoms with Gasteiger partial charge in [-0.15, -0.1) is 0 Å². The van der Waals surface area contributed by atoms with Crippen LogP contribution in [0.15, 0.2) is 0 Å². The van der Waals surface area contributed by atoms with E-state index in [4.69, 9.17) is 4.74 Å². The third-order valence-electron chi connectivity index (χ3n) is 3.41. The van der Waals surface area contributed by atoms with Crippen LogP contribution >= 0.6 is 11.8 Å². The van der Waals surface area contributed by atoms with Crippen molar-refractivity contribution in [3.8, 4) is 0 Å². The highest BCUT2D eigenvalue weighted by Crippen LogP contribution is 2.14. The first-order chi connectivity index (χ1) is 7.88. The lowest BCUT2D eigenvalue weighted by Crippen LogP contribution is -2.47. The van der Waals surface area contributed by atoms with Crippen molar-refractivity contribution in [2.45, 2.75) is 31.9 Å². The molecule has 0 radical (unpaired) electrons. The first-order valence-electron chi connectivity index (χ1n) is 6.53. The summed E-state index contributed by atoms with van der Waals surface area (Å²) in [6.45, 7) is 7.85. The van der Waals surface area contributed by atoms with Crippen molar-refractivity contribution in [3.05, 3.63) is 0 Å². The van der Waals surface area contributed by atoms with Crippen LogP contribution in [0, 0.1) is 0 Å². The lowest BCUT2D eigenvalue weighted by molar-refractivity contribution is 0.0723. The van der Waals surface area contributed by atoms with Gasteiger partial charge in [0.1, 0.15) is 0 Å². The van der Waals surface area contributed by atoms with E-state index in [9.17, 15) is 0 Å². The second kappa shape index (κ2) is 6.84. The number of thioether (sulfide) groups is 1. The van der Waals surface area contributed by atoms with Gasteiger partial charge in [0.05, 0.1) is 6.10 Å². The lowest BCUT2D eigenvalue weighted by Gasteiger charge is -2.30. The summed E-state index contributed by atoms with van der Waals surface area (Å²) in [6.07, 6.45) is 3.00. The Morgan fingerprint density at radius 1 is 1.44 bits per heavy atom. The molecule has 0 aromatic carbocycles. The Morgan fingerprint density at radius 3 is 3.00 bits per heavy atom. The fraction of sp³-hybridized carbons (Fsp3) is 1.00. The van der Waals surface area contributed by atoms with Crippen molar-refractivity contribution in [3.63, 3.8) is 0 Å².